The standard InChI is InChI=1S/C23H39N2O9P/c1-2-12-23-13-9-7-5-3-4-6-8-10-16(25(22(23)29)14-11-18(26)24-23)21-20(28)19(27)17(34-21)15-33-35(30,31)32/h11,14,16-17,19-21,27-28H,2-10,12-13,15H2,1H3,(H,24,26)(H2,30,31,32). The number of aliphatic hydroxyl groups excluding tert-OH is 2. The summed E-state index contributed by atoms with van der Waals surface area (Å²) in [5.74, 6) is -0.633. The van der Waals surface area contributed by atoms with Crippen LogP contribution in [0, 0.1) is 0 Å². The summed E-state index contributed by atoms with van der Waals surface area (Å²) in [7, 11) is -4.80. The van der Waals surface area contributed by atoms with Crippen LogP contribution in [0.25, 0.3) is 0 Å². The van der Waals surface area contributed by atoms with Crippen molar-refractivity contribution in [3.63, 3.8) is 0 Å². The molecule has 0 aromatic carbocycles. The molecule has 2 saturated heterocycles. The average Bonchev–Trinajstić information content (AvgIpc) is 3.00. The van der Waals surface area contributed by atoms with Crippen LogP contribution in [0.3, 0.4) is 0 Å². The number of rotatable bonds is 6. The number of carbonyl (C=O) groups is 2. The molecule has 12 heteroatoms. The van der Waals surface area contributed by atoms with Crippen molar-refractivity contribution < 1.29 is 43.4 Å². The van der Waals surface area contributed by atoms with Gasteiger partial charge >= 0.3 is 7.82 Å². The zero-order valence-electron chi connectivity index (χ0n) is 20.3. The molecule has 2 fully saturated rings. The predicted octanol–water partition coefficient (Wildman–Crippen LogP) is 1.49. The van der Waals surface area contributed by atoms with E-state index in [1.165, 1.54) is 17.2 Å². The quantitative estimate of drug-likeness (QED) is 0.327. The zero-order valence-corrected chi connectivity index (χ0v) is 21.1. The van der Waals surface area contributed by atoms with Gasteiger partial charge < -0.3 is 35.0 Å². The van der Waals surface area contributed by atoms with E-state index in [4.69, 9.17) is 14.5 Å². The first-order valence-corrected chi connectivity index (χ1v) is 14.2. The van der Waals surface area contributed by atoms with Gasteiger partial charge in [0.05, 0.1) is 12.6 Å². The Balaban J connectivity index is 1.94. The molecule has 5 N–H and O–H groups in total. The van der Waals surface area contributed by atoms with Gasteiger partial charge in [-0.25, -0.2) is 4.57 Å². The van der Waals surface area contributed by atoms with Gasteiger partial charge in [-0.2, -0.15) is 0 Å². The topological polar surface area (TPSA) is 166 Å². The van der Waals surface area contributed by atoms with E-state index < -0.39 is 50.4 Å². The van der Waals surface area contributed by atoms with E-state index in [2.05, 4.69) is 9.84 Å². The number of ether oxygens (including phenoxy) is 1. The molecule has 35 heavy (non-hydrogen) atoms. The normalized spacial score (nSPS) is 35.6. The fourth-order valence-electron chi connectivity index (χ4n) is 5.48. The van der Waals surface area contributed by atoms with E-state index in [0.29, 0.717) is 25.7 Å². The van der Waals surface area contributed by atoms with Crippen LogP contribution in [0.15, 0.2) is 12.3 Å². The van der Waals surface area contributed by atoms with Gasteiger partial charge in [0.2, 0.25) is 5.91 Å². The summed E-state index contributed by atoms with van der Waals surface area (Å²) >= 11 is 0. The first-order valence-electron chi connectivity index (χ1n) is 12.6. The Morgan fingerprint density at radius 3 is 2.43 bits per heavy atom. The van der Waals surface area contributed by atoms with Gasteiger partial charge in [0.25, 0.3) is 5.91 Å². The molecular formula is C23H39N2O9P. The monoisotopic (exact) mass is 518 g/mol. The molecule has 6 unspecified atom stereocenters. The Morgan fingerprint density at radius 2 is 1.77 bits per heavy atom. The Labute approximate surface area is 206 Å². The summed E-state index contributed by atoms with van der Waals surface area (Å²) < 4.78 is 21.5. The molecule has 0 radical (unpaired) electrons. The fourth-order valence-corrected chi connectivity index (χ4v) is 5.82. The second kappa shape index (κ2) is 12.3. The minimum atomic E-state index is -4.80. The third-order valence-electron chi connectivity index (χ3n) is 7.22. The lowest BCUT2D eigenvalue weighted by atomic mass is 9.85. The zero-order chi connectivity index (χ0) is 25.6. The molecule has 3 aliphatic rings. The Kier molecular flexibility index (Phi) is 9.90. The van der Waals surface area contributed by atoms with Crippen molar-refractivity contribution in [1.82, 2.24) is 10.2 Å². The number of carbonyl (C=O) groups excluding carboxylic acids is 2. The minimum absolute atomic E-state index is 0.272. The number of hydrogen-bond donors (Lipinski definition) is 5. The molecule has 0 aromatic heterocycles. The van der Waals surface area contributed by atoms with E-state index >= 15 is 0 Å². The maximum absolute atomic E-state index is 14.0. The highest BCUT2D eigenvalue weighted by atomic mass is 31.2. The maximum Gasteiger partial charge on any atom is 0.469 e. The molecule has 0 aliphatic carbocycles. The van der Waals surface area contributed by atoms with Crippen LogP contribution in [0.2, 0.25) is 0 Å². The number of fused-ring (bicyclic) bond motifs is 2. The molecule has 3 rings (SSSR count). The SMILES string of the molecule is CCCC12CCCCCCCCCC(C3OC(COP(=O)(O)O)C(O)C3O)N(C=CC(=O)N1)C2=O. The van der Waals surface area contributed by atoms with Crippen LogP contribution in [0.5, 0.6) is 0 Å². The highest BCUT2D eigenvalue weighted by Gasteiger charge is 2.51. The summed E-state index contributed by atoms with van der Waals surface area (Å²) in [4.78, 5) is 46.2. The summed E-state index contributed by atoms with van der Waals surface area (Å²) in [6.45, 7) is 1.34. The molecule has 0 aromatic rings. The van der Waals surface area contributed by atoms with Crippen molar-refractivity contribution in [1.29, 1.82) is 0 Å². The smallest absolute Gasteiger partial charge is 0.388 e. The molecule has 2 amide bonds. The number of phosphoric acid groups is 1. The molecule has 3 heterocycles. The number of nitrogens with zero attached hydrogens (tertiary/aromatic N) is 1. The average molecular weight is 519 g/mol. The largest absolute Gasteiger partial charge is 0.469 e. The van der Waals surface area contributed by atoms with E-state index in [-0.39, 0.29) is 11.8 Å². The van der Waals surface area contributed by atoms with Crippen LogP contribution < -0.4 is 5.32 Å². The van der Waals surface area contributed by atoms with E-state index in [1.54, 1.807) is 0 Å². The van der Waals surface area contributed by atoms with Crippen LogP contribution in [0.1, 0.15) is 77.6 Å². The van der Waals surface area contributed by atoms with Gasteiger partial charge in [0, 0.05) is 12.3 Å². The van der Waals surface area contributed by atoms with Gasteiger partial charge in [-0.3, -0.25) is 14.1 Å². The van der Waals surface area contributed by atoms with Gasteiger partial charge in [-0.15, -0.1) is 0 Å². The summed E-state index contributed by atoms with van der Waals surface area (Å²) in [6.07, 6.45) is 6.43. The number of phosphoric ester groups is 1. The lowest BCUT2D eigenvalue weighted by molar-refractivity contribution is -0.144. The second-order valence-corrected chi connectivity index (χ2v) is 11.1. The molecule has 11 nitrogen and oxygen atoms in total. The third kappa shape index (κ3) is 7.13. The van der Waals surface area contributed by atoms with Crippen LogP contribution in [-0.4, -0.2) is 79.3 Å². The van der Waals surface area contributed by atoms with Gasteiger partial charge in [0.1, 0.15) is 30.0 Å². The van der Waals surface area contributed by atoms with Crippen molar-refractivity contribution >= 4 is 19.6 Å². The highest BCUT2D eigenvalue weighted by molar-refractivity contribution is 7.46. The van der Waals surface area contributed by atoms with Crippen LogP contribution in [0.4, 0.5) is 0 Å². The first-order chi connectivity index (χ1) is 16.6. The molecule has 200 valence electrons. The summed E-state index contributed by atoms with van der Waals surface area (Å²) in [5, 5.41) is 24.3. The predicted molar refractivity (Wildman–Crippen MR) is 126 cm³/mol. The highest BCUT2D eigenvalue weighted by Crippen LogP contribution is 2.38. The summed E-state index contributed by atoms with van der Waals surface area (Å²) in [6, 6.07) is -0.687. The van der Waals surface area contributed by atoms with E-state index in [1.807, 2.05) is 6.92 Å². The van der Waals surface area contributed by atoms with Crippen LogP contribution in [-0.2, 0) is 23.4 Å². The Bertz CT molecular complexity index is 819. The molecule has 3 aliphatic heterocycles. The van der Waals surface area contributed by atoms with E-state index in [0.717, 1.165) is 44.9 Å². The van der Waals surface area contributed by atoms with Crippen molar-refractivity contribution in [2.45, 2.75) is 114 Å². The maximum atomic E-state index is 14.0. The third-order valence-corrected chi connectivity index (χ3v) is 7.70. The Hall–Kier alpha value is -1.33. The number of amides is 2. The number of hydrogen-bond acceptors (Lipinski definition) is 7. The fraction of sp³-hybridized carbons (Fsp3) is 0.826. The molecule has 0 saturated carbocycles. The molecule has 0 spiro atoms. The van der Waals surface area contributed by atoms with Gasteiger partial charge in [0.15, 0.2) is 0 Å². The molecule has 6 atom stereocenters. The number of aliphatic hydroxyl groups is 2. The van der Waals surface area contributed by atoms with Crippen molar-refractivity contribution in [3.8, 4) is 0 Å². The summed E-state index contributed by atoms with van der Waals surface area (Å²) in [5.41, 5.74) is -1.08. The number of nitrogens with one attached hydrogen (secondary N) is 1. The van der Waals surface area contributed by atoms with Crippen molar-refractivity contribution in [3.05, 3.63) is 12.3 Å². The second-order valence-electron chi connectivity index (χ2n) is 9.84. The van der Waals surface area contributed by atoms with Crippen molar-refractivity contribution in [2.75, 3.05) is 6.61 Å². The van der Waals surface area contributed by atoms with E-state index in [9.17, 15) is 24.4 Å². The first kappa shape index (κ1) is 28.2. The van der Waals surface area contributed by atoms with Gasteiger partial charge in [-0.05, 0) is 19.3 Å². The lowest BCUT2D eigenvalue weighted by Crippen LogP contribution is -2.60. The lowest BCUT2D eigenvalue weighted by Gasteiger charge is -2.40. The van der Waals surface area contributed by atoms with Gasteiger partial charge in [-0.1, -0.05) is 58.3 Å². The Morgan fingerprint density at radius 1 is 1.11 bits per heavy atom. The van der Waals surface area contributed by atoms with Crippen LogP contribution >= 0.6 is 7.82 Å². The minimum Gasteiger partial charge on any atom is -0.388 e. The molecule has 2 bridgehead atoms. The molecular weight excluding hydrogens is 479 g/mol. The van der Waals surface area contributed by atoms with Crippen molar-refractivity contribution in [2.24, 2.45) is 0 Å².